The van der Waals surface area contributed by atoms with Gasteiger partial charge in [-0.1, -0.05) is 12.1 Å². The molecule has 3 aromatic rings. The van der Waals surface area contributed by atoms with Crippen LogP contribution in [0, 0.1) is 0 Å². The number of hydrogen-bond acceptors (Lipinski definition) is 7. The standard InChI is InChI=1S/C28H28F3N5O4/c1-27(2)39-16-21(40-27)15-38-20-8-10-32-24(13-20)34-26(37)36-19-9-11-35(14-19)23-7-6-22(33-25(23)36)17-4-3-5-18(12-17)28(29,30)31/h3-8,10,12-13,19,21H,9,11,14-16H2,1-2H3,(H,32,34,37)/t19-,21+/m0/s1. The van der Waals surface area contributed by atoms with E-state index in [0.717, 1.165) is 30.8 Å². The second kappa shape index (κ2) is 9.93. The fraction of sp³-hybridized carbons (Fsp3) is 0.393. The van der Waals surface area contributed by atoms with Crippen molar-refractivity contribution < 1.29 is 32.2 Å². The zero-order valence-corrected chi connectivity index (χ0v) is 21.9. The first-order valence-corrected chi connectivity index (χ1v) is 13.0. The van der Waals surface area contributed by atoms with Crippen LogP contribution in [0.15, 0.2) is 54.7 Å². The Bertz CT molecular complexity index is 1430. The number of fused-ring (bicyclic) bond motifs is 4. The summed E-state index contributed by atoms with van der Waals surface area (Å²) < 4.78 is 57.1. The first kappa shape index (κ1) is 26.3. The lowest BCUT2D eigenvalue weighted by molar-refractivity contribution is -0.141. The lowest BCUT2D eigenvalue weighted by Gasteiger charge is -2.35. The van der Waals surface area contributed by atoms with E-state index in [2.05, 4.69) is 20.2 Å². The van der Waals surface area contributed by atoms with Gasteiger partial charge < -0.3 is 19.1 Å². The largest absolute Gasteiger partial charge is 0.491 e. The molecule has 210 valence electrons. The Balaban J connectivity index is 1.22. The summed E-state index contributed by atoms with van der Waals surface area (Å²) in [5, 5.41) is 2.84. The molecule has 6 rings (SSSR count). The molecule has 0 aliphatic carbocycles. The van der Waals surface area contributed by atoms with Crippen LogP contribution in [0.2, 0.25) is 0 Å². The Morgan fingerprint density at radius 1 is 1.20 bits per heavy atom. The number of nitrogens with one attached hydrogen (secondary N) is 1. The predicted molar refractivity (Wildman–Crippen MR) is 141 cm³/mol. The van der Waals surface area contributed by atoms with E-state index in [-0.39, 0.29) is 18.8 Å². The van der Waals surface area contributed by atoms with Crippen molar-refractivity contribution in [1.82, 2.24) is 9.97 Å². The summed E-state index contributed by atoms with van der Waals surface area (Å²) in [4.78, 5) is 26.2. The second-order valence-electron chi connectivity index (χ2n) is 10.4. The number of carbonyl (C=O) groups is 1. The number of ether oxygens (including phenoxy) is 3. The molecule has 12 heteroatoms. The molecule has 5 heterocycles. The number of aromatic nitrogens is 2. The maximum absolute atomic E-state index is 13.6. The van der Waals surface area contributed by atoms with E-state index in [9.17, 15) is 18.0 Å². The van der Waals surface area contributed by atoms with Gasteiger partial charge in [-0.25, -0.2) is 14.8 Å². The van der Waals surface area contributed by atoms with Crippen molar-refractivity contribution >= 4 is 23.4 Å². The minimum Gasteiger partial charge on any atom is -0.491 e. The molecular formula is C28H28F3N5O4. The van der Waals surface area contributed by atoms with Crippen LogP contribution >= 0.6 is 0 Å². The van der Waals surface area contributed by atoms with Crippen molar-refractivity contribution in [1.29, 1.82) is 0 Å². The predicted octanol–water partition coefficient (Wildman–Crippen LogP) is 5.32. The van der Waals surface area contributed by atoms with Crippen molar-refractivity contribution in [3.63, 3.8) is 0 Å². The first-order chi connectivity index (χ1) is 19.1. The van der Waals surface area contributed by atoms with Crippen molar-refractivity contribution in [2.45, 2.75) is 44.4 Å². The smallest absolute Gasteiger partial charge is 0.416 e. The highest BCUT2D eigenvalue weighted by Crippen LogP contribution is 2.41. The number of halogens is 3. The molecule has 1 N–H and O–H groups in total. The summed E-state index contributed by atoms with van der Waals surface area (Å²) in [5.41, 5.74) is 0.663. The quantitative estimate of drug-likeness (QED) is 0.456. The molecule has 3 aliphatic heterocycles. The molecule has 0 spiro atoms. The Labute approximate surface area is 228 Å². The van der Waals surface area contributed by atoms with Crippen molar-refractivity contribution in [3.05, 3.63) is 60.3 Å². The summed E-state index contributed by atoms with van der Waals surface area (Å²) in [5.74, 6) is 0.549. The monoisotopic (exact) mass is 555 g/mol. The topological polar surface area (TPSA) is 89.1 Å². The van der Waals surface area contributed by atoms with E-state index < -0.39 is 23.6 Å². The van der Waals surface area contributed by atoms with Crippen molar-refractivity contribution in [2.75, 3.05) is 41.4 Å². The van der Waals surface area contributed by atoms with Gasteiger partial charge in [0.15, 0.2) is 11.6 Å². The highest BCUT2D eigenvalue weighted by atomic mass is 19.4. The number of alkyl halides is 3. The molecule has 3 aliphatic rings. The Kier molecular flexibility index (Phi) is 6.54. The van der Waals surface area contributed by atoms with Gasteiger partial charge in [-0.15, -0.1) is 0 Å². The summed E-state index contributed by atoms with van der Waals surface area (Å²) in [6.45, 7) is 5.77. The fourth-order valence-electron chi connectivity index (χ4n) is 5.26. The average molecular weight is 556 g/mol. The number of carbonyl (C=O) groups excluding carboxylic acids is 1. The van der Waals surface area contributed by atoms with Crippen LogP contribution in [-0.2, 0) is 15.7 Å². The van der Waals surface area contributed by atoms with Gasteiger partial charge in [-0.05, 0) is 50.6 Å². The Morgan fingerprint density at radius 3 is 2.83 bits per heavy atom. The van der Waals surface area contributed by atoms with E-state index in [1.807, 2.05) is 19.9 Å². The van der Waals surface area contributed by atoms with Gasteiger partial charge in [-0.2, -0.15) is 13.2 Å². The number of nitrogens with zero attached hydrogens (tertiary/aromatic N) is 4. The summed E-state index contributed by atoms with van der Waals surface area (Å²) in [6.07, 6.45) is -2.42. The second-order valence-corrected chi connectivity index (χ2v) is 10.4. The molecule has 0 saturated carbocycles. The van der Waals surface area contributed by atoms with Gasteiger partial charge in [0, 0.05) is 30.9 Å². The van der Waals surface area contributed by atoms with Gasteiger partial charge in [0.1, 0.15) is 24.3 Å². The van der Waals surface area contributed by atoms with Crippen LogP contribution < -0.4 is 19.9 Å². The fourth-order valence-corrected chi connectivity index (χ4v) is 5.26. The van der Waals surface area contributed by atoms with E-state index in [1.54, 1.807) is 29.2 Å². The maximum Gasteiger partial charge on any atom is 0.416 e. The molecule has 2 atom stereocenters. The van der Waals surface area contributed by atoms with Crippen LogP contribution in [0.5, 0.6) is 5.75 Å². The van der Waals surface area contributed by atoms with Gasteiger partial charge in [0.25, 0.3) is 0 Å². The number of benzene rings is 1. The SMILES string of the molecule is CC1(C)OC[C@@H](COc2ccnc(NC(=O)N3c4nc(-c5cccc(C(F)(F)F)c5)ccc4N4CC[C@H]3C4)c2)O1. The molecule has 0 unspecified atom stereocenters. The van der Waals surface area contributed by atoms with E-state index in [0.29, 0.717) is 41.8 Å². The van der Waals surface area contributed by atoms with Crippen LogP contribution in [0.1, 0.15) is 25.8 Å². The molecule has 40 heavy (non-hydrogen) atoms. The molecule has 2 saturated heterocycles. The van der Waals surface area contributed by atoms with Gasteiger partial charge >= 0.3 is 12.2 Å². The lowest BCUT2D eigenvalue weighted by Crippen LogP contribution is -2.48. The van der Waals surface area contributed by atoms with Crippen molar-refractivity contribution in [3.8, 4) is 17.0 Å². The van der Waals surface area contributed by atoms with Crippen molar-refractivity contribution in [2.24, 2.45) is 0 Å². The number of urea groups is 1. The molecular weight excluding hydrogens is 527 g/mol. The molecule has 0 radical (unpaired) electrons. The number of amides is 2. The van der Waals surface area contributed by atoms with Gasteiger partial charge in [0.2, 0.25) is 0 Å². The average Bonchev–Trinajstić information content (AvgIpc) is 3.50. The highest BCUT2D eigenvalue weighted by Gasteiger charge is 2.40. The molecule has 1 aromatic carbocycles. The van der Waals surface area contributed by atoms with Crippen LogP contribution in [-0.4, -0.2) is 60.2 Å². The molecule has 2 bridgehead atoms. The van der Waals surface area contributed by atoms with Crippen LogP contribution in [0.4, 0.5) is 35.3 Å². The number of anilines is 3. The lowest BCUT2D eigenvalue weighted by atomic mass is 10.1. The highest BCUT2D eigenvalue weighted by molar-refractivity contribution is 6.04. The zero-order chi connectivity index (χ0) is 28.1. The van der Waals surface area contributed by atoms with E-state index >= 15 is 0 Å². The molecule has 2 amide bonds. The molecule has 2 fully saturated rings. The molecule has 2 aromatic heterocycles. The number of hydrogen-bond donors (Lipinski definition) is 1. The number of pyridine rings is 2. The number of rotatable bonds is 5. The molecule has 9 nitrogen and oxygen atoms in total. The summed E-state index contributed by atoms with van der Waals surface area (Å²) in [6, 6.07) is 11.2. The maximum atomic E-state index is 13.6. The minimum absolute atomic E-state index is 0.140. The summed E-state index contributed by atoms with van der Waals surface area (Å²) in [7, 11) is 0. The summed E-state index contributed by atoms with van der Waals surface area (Å²) >= 11 is 0. The third-order valence-corrected chi connectivity index (χ3v) is 7.13. The van der Waals surface area contributed by atoms with E-state index in [1.165, 1.54) is 12.3 Å². The third-order valence-electron chi connectivity index (χ3n) is 7.13. The zero-order valence-electron chi connectivity index (χ0n) is 21.9. The third kappa shape index (κ3) is 5.28. The van der Waals surface area contributed by atoms with Gasteiger partial charge in [-0.3, -0.25) is 10.2 Å². The normalized spacial score (nSPS) is 21.3. The van der Waals surface area contributed by atoms with Crippen LogP contribution in [0.3, 0.4) is 0 Å². The minimum atomic E-state index is -4.47. The van der Waals surface area contributed by atoms with Gasteiger partial charge in [0.05, 0.1) is 29.6 Å². The van der Waals surface area contributed by atoms with E-state index in [4.69, 9.17) is 14.2 Å². The Morgan fingerprint density at radius 2 is 2.05 bits per heavy atom. The van der Waals surface area contributed by atoms with Crippen LogP contribution in [0.25, 0.3) is 11.3 Å². The Hall–Kier alpha value is -3.90. The first-order valence-electron chi connectivity index (χ1n) is 13.0.